The predicted octanol–water partition coefficient (Wildman–Crippen LogP) is 8.74. The zero-order valence-electron chi connectivity index (χ0n) is 20.2. The molecule has 0 heteroatoms. The molecule has 8 unspecified atom stereocenters. The Labute approximate surface area is 187 Å². The first-order chi connectivity index (χ1) is 14.7. The van der Waals surface area contributed by atoms with Gasteiger partial charge in [-0.25, -0.2) is 0 Å². The van der Waals surface area contributed by atoms with E-state index in [2.05, 4.69) is 13.8 Å². The van der Waals surface area contributed by atoms with Gasteiger partial charge in [0.05, 0.1) is 0 Å². The van der Waals surface area contributed by atoms with E-state index >= 15 is 0 Å². The molecule has 0 aromatic rings. The highest BCUT2D eigenvalue weighted by atomic mass is 14.6. The van der Waals surface area contributed by atoms with Crippen LogP contribution in [0.25, 0.3) is 0 Å². The van der Waals surface area contributed by atoms with Gasteiger partial charge >= 0.3 is 0 Å². The maximum atomic E-state index is 2.51. The summed E-state index contributed by atoms with van der Waals surface area (Å²) in [5.41, 5.74) is 0. The van der Waals surface area contributed by atoms with Gasteiger partial charge in [-0.1, -0.05) is 39.5 Å². The van der Waals surface area contributed by atoms with Crippen LogP contribution in [0, 0.1) is 71.0 Å². The van der Waals surface area contributed by atoms with Crippen molar-refractivity contribution in [2.24, 2.45) is 71.0 Å². The van der Waals surface area contributed by atoms with Crippen LogP contribution < -0.4 is 0 Å². The van der Waals surface area contributed by atoms with Crippen molar-refractivity contribution in [2.45, 2.75) is 117 Å². The summed E-state index contributed by atoms with van der Waals surface area (Å²) in [6, 6.07) is 0. The molecule has 30 heavy (non-hydrogen) atoms. The highest BCUT2D eigenvalue weighted by Gasteiger charge is 2.56. The molecule has 6 fully saturated rings. The van der Waals surface area contributed by atoms with Crippen LogP contribution in [0.3, 0.4) is 0 Å². The Morgan fingerprint density at radius 3 is 0.967 bits per heavy atom. The Balaban J connectivity index is 1.22. The van der Waals surface area contributed by atoms with E-state index in [0.717, 1.165) is 59.2 Å². The third-order valence-electron chi connectivity index (χ3n) is 12.4. The summed E-state index contributed by atoms with van der Waals surface area (Å²) in [5, 5.41) is 0. The Kier molecular flexibility index (Phi) is 5.77. The van der Waals surface area contributed by atoms with Gasteiger partial charge in [0.1, 0.15) is 0 Å². The monoisotopic (exact) mass is 410 g/mol. The molecule has 0 aliphatic heterocycles. The first kappa shape index (κ1) is 20.6. The van der Waals surface area contributed by atoms with Crippen LogP contribution in [0.4, 0.5) is 0 Å². The van der Waals surface area contributed by atoms with E-state index in [4.69, 9.17) is 0 Å². The van der Waals surface area contributed by atoms with Gasteiger partial charge in [0, 0.05) is 0 Å². The summed E-state index contributed by atoms with van der Waals surface area (Å²) in [6.45, 7) is 5.02. The lowest BCUT2D eigenvalue weighted by Gasteiger charge is -2.62. The summed E-state index contributed by atoms with van der Waals surface area (Å²) in [5.74, 6) is 13.5. The largest absolute Gasteiger partial charge is 0.0625 e. The quantitative estimate of drug-likeness (QED) is 0.427. The zero-order chi connectivity index (χ0) is 20.2. The number of rotatable bonds is 2. The average Bonchev–Trinajstić information content (AvgIpc) is 2.78. The fourth-order valence-corrected chi connectivity index (χ4v) is 11.0. The van der Waals surface area contributed by atoms with Crippen LogP contribution in [0.2, 0.25) is 0 Å². The van der Waals surface area contributed by atoms with Gasteiger partial charge in [-0.05, 0) is 148 Å². The molecule has 6 aliphatic carbocycles. The molecular weight excluding hydrogens is 360 g/mol. The van der Waals surface area contributed by atoms with E-state index in [0.29, 0.717) is 0 Å². The van der Waals surface area contributed by atoms with Crippen LogP contribution in [0.1, 0.15) is 117 Å². The first-order valence-electron chi connectivity index (χ1n) is 14.7. The topological polar surface area (TPSA) is 0 Å². The lowest BCUT2D eigenvalue weighted by Crippen LogP contribution is -2.55. The van der Waals surface area contributed by atoms with Crippen molar-refractivity contribution in [1.82, 2.24) is 0 Å². The molecule has 6 rings (SSSR count). The zero-order valence-corrected chi connectivity index (χ0v) is 20.2. The summed E-state index contributed by atoms with van der Waals surface area (Å²) in [4.78, 5) is 0. The second-order valence-electron chi connectivity index (χ2n) is 13.7. The molecule has 6 aliphatic rings. The molecule has 8 atom stereocenters. The molecule has 0 bridgehead atoms. The minimum absolute atomic E-state index is 1.02. The van der Waals surface area contributed by atoms with E-state index < -0.39 is 0 Å². The van der Waals surface area contributed by atoms with E-state index in [9.17, 15) is 0 Å². The molecule has 6 saturated carbocycles. The average molecular weight is 411 g/mol. The maximum Gasteiger partial charge on any atom is -0.0321 e. The van der Waals surface area contributed by atoms with E-state index in [1.807, 2.05) is 0 Å². The molecule has 170 valence electrons. The van der Waals surface area contributed by atoms with E-state index in [-0.39, 0.29) is 0 Å². The molecule has 0 N–H and O–H groups in total. The lowest BCUT2D eigenvalue weighted by atomic mass is 9.43. The SMILES string of the molecule is CC1CCC(C2CCC3CCC4C(C5CCC(C)CC5)CCC5CCC2C3C54)CC1. The van der Waals surface area contributed by atoms with Crippen LogP contribution >= 0.6 is 0 Å². The Bertz CT molecular complexity index is 525. The van der Waals surface area contributed by atoms with Gasteiger partial charge in [-0.2, -0.15) is 0 Å². The number of hydrogen-bond acceptors (Lipinski definition) is 0. The minimum atomic E-state index is 1.02. The summed E-state index contributed by atoms with van der Waals surface area (Å²) in [7, 11) is 0. The highest BCUT2D eigenvalue weighted by molar-refractivity contribution is 5.06. The molecule has 0 aromatic carbocycles. The molecule has 0 aromatic heterocycles. The van der Waals surface area contributed by atoms with Crippen molar-refractivity contribution in [3.8, 4) is 0 Å². The molecule has 0 amide bonds. The van der Waals surface area contributed by atoms with Gasteiger partial charge in [0.2, 0.25) is 0 Å². The third-order valence-corrected chi connectivity index (χ3v) is 12.4. The van der Waals surface area contributed by atoms with Crippen molar-refractivity contribution in [3.63, 3.8) is 0 Å². The molecule has 0 heterocycles. The van der Waals surface area contributed by atoms with Crippen LogP contribution in [-0.2, 0) is 0 Å². The third kappa shape index (κ3) is 3.53. The van der Waals surface area contributed by atoms with E-state index in [1.165, 1.54) is 11.8 Å². The standard InChI is InChI=1S/C30H50/c1-19-3-7-21(8-4-19)25-15-11-23-14-18-28-26(22-9-5-20(2)6-10-22)16-12-24-13-17-27(25)29(23)30(24)28/h19-30H,3-18H2,1-2H3. The predicted molar refractivity (Wildman–Crippen MR) is 127 cm³/mol. The summed E-state index contributed by atoms with van der Waals surface area (Å²) >= 11 is 0. The van der Waals surface area contributed by atoms with Crippen molar-refractivity contribution in [3.05, 3.63) is 0 Å². The molecule has 0 saturated heterocycles. The summed E-state index contributed by atoms with van der Waals surface area (Å²) < 4.78 is 0. The van der Waals surface area contributed by atoms with Crippen LogP contribution in [0.15, 0.2) is 0 Å². The van der Waals surface area contributed by atoms with Gasteiger partial charge in [0.15, 0.2) is 0 Å². The normalized spacial score (nSPS) is 56.2. The Hall–Kier alpha value is 0. The fraction of sp³-hybridized carbons (Fsp3) is 1.00. The maximum absolute atomic E-state index is 2.51. The Morgan fingerprint density at radius 1 is 0.300 bits per heavy atom. The van der Waals surface area contributed by atoms with Crippen molar-refractivity contribution in [2.75, 3.05) is 0 Å². The van der Waals surface area contributed by atoms with Crippen molar-refractivity contribution >= 4 is 0 Å². The molecule has 0 spiro atoms. The van der Waals surface area contributed by atoms with Gasteiger partial charge in [-0.15, -0.1) is 0 Å². The fourth-order valence-electron chi connectivity index (χ4n) is 11.0. The second kappa shape index (κ2) is 8.41. The van der Waals surface area contributed by atoms with Crippen molar-refractivity contribution in [1.29, 1.82) is 0 Å². The second-order valence-corrected chi connectivity index (χ2v) is 13.7. The van der Waals surface area contributed by atoms with Crippen LogP contribution in [-0.4, -0.2) is 0 Å². The Morgan fingerprint density at radius 2 is 0.600 bits per heavy atom. The molecule has 0 nitrogen and oxygen atoms in total. The van der Waals surface area contributed by atoms with Gasteiger partial charge in [0.25, 0.3) is 0 Å². The highest BCUT2D eigenvalue weighted by Crippen LogP contribution is 2.64. The molecule has 0 radical (unpaired) electrons. The first-order valence-corrected chi connectivity index (χ1v) is 14.7. The van der Waals surface area contributed by atoms with Crippen molar-refractivity contribution < 1.29 is 0 Å². The summed E-state index contributed by atoms with van der Waals surface area (Å²) in [6.07, 6.45) is 25.5. The molecular formula is C30H50. The van der Waals surface area contributed by atoms with Gasteiger partial charge in [-0.3, -0.25) is 0 Å². The minimum Gasteiger partial charge on any atom is -0.0625 e. The van der Waals surface area contributed by atoms with E-state index in [1.54, 1.807) is 103 Å². The van der Waals surface area contributed by atoms with Gasteiger partial charge < -0.3 is 0 Å². The van der Waals surface area contributed by atoms with Crippen LogP contribution in [0.5, 0.6) is 0 Å². The lowest BCUT2D eigenvalue weighted by molar-refractivity contribution is -0.133. The number of hydrogen-bond donors (Lipinski definition) is 0. The smallest absolute Gasteiger partial charge is 0.0321 e.